The van der Waals surface area contributed by atoms with Crippen LogP contribution in [0, 0.1) is 5.92 Å². The van der Waals surface area contributed by atoms with Gasteiger partial charge in [0.25, 0.3) is 0 Å². The van der Waals surface area contributed by atoms with Gasteiger partial charge in [-0.2, -0.15) is 0 Å². The number of carbonyl (C=O) groups excluding carboxylic acids is 3. The standard InChI is InChI=1S/C17H30N4O3/c1-13(16(23)19-17(24)18-2)20-9-11-21(12-10-20)15(22)8-7-14-5-3-4-6-14/h13-14H,3-12H2,1-2H3,(H2,18,19,23,24). The van der Waals surface area contributed by atoms with Gasteiger partial charge in [-0.15, -0.1) is 0 Å². The van der Waals surface area contributed by atoms with Crippen molar-refractivity contribution in [3.8, 4) is 0 Å². The highest BCUT2D eigenvalue weighted by Gasteiger charge is 2.28. The third kappa shape index (κ3) is 5.19. The molecule has 0 aromatic rings. The molecule has 2 N–H and O–H groups in total. The van der Waals surface area contributed by atoms with Crippen LogP contribution in [0.1, 0.15) is 45.4 Å². The topological polar surface area (TPSA) is 81.8 Å². The fraction of sp³-hybridized carbons (Fsp3) is 0.824. The van der Waals surface area contributed by atoms with Gasteiger partial charge in [0.2, 0.25) is 11.8 Å². The molecule has 136 valence electrons. The summed E-state index contributed by atoms with van der Waals surface area (Å²) in [6.45, 7) is 4.42. The summed E-state index contributed by atoms with van der Waals surface area (Å²) < 4.78 is 0. The molecular weight excluding hydrogens is 308 g/mol. The number of imide groups is 1. The molecular formula is C17H30N4O3. The maximum Gasteiger partial charge on any atom is 0.321 e. The number of nitrogens with zero attached hydrogens (tertiary/aromatic N) is 2. The van der Waals surface area contributed by atoms with Crippen LogP contribution in [0.3, 0.4) is 0 Å². The van der Waals surface area contributed by atoms with E-state index in [9.17, 15) is 14.4 Å². The van der Waals surface area contributed by atoms with Gasteiger partial charge in [0, 0.05) is 39.6 Å². The van der Waals surface area contributed by atoms with E-state index in [2.05, 4.69) is 10.6 Å². The molecule has 2 fully saturated rings. The van der Waals surface area contributed by atoms with Gasteiger partial charge in [0.1, 0.15) is 0 Å². The Morgan fingerprint density at radius 1 is 1.08 bits per heavy atom. The fourth-order valence-electron chi connectivity index (χ4n) is 3.59. The first-order valence-corrected chi connectivity index (χ1v) is 9.05. The molecule has 1 heterocycles. The average molecular weight is 338 g/mol. The van der Waals surface area contributed by atoms with E-state index in [0.717, 1.165) is 12.3 Å². The summed E-state index contributed by atoms with van der Waals surface area (Å²) >= 11 is 0. The van der Waals surface area contributed by atoms with E-state index in [1.807, 2.05) is 9.80 Å². The largest absolute Gasteiger partial charge is 0.341 e. The molecule has 7 nitrogen and oxygen atoms in total. The summed E-state index contributed by atoms with van der Waals surface area (Å²) in [6.07, 6.45) is 6.85. The second-order valence-electron chi connectivity index (χ2n) is 6.85. The number of hydrogen-bond acceptors (Lipinski definition) is 4. The van der Waals surface area contributed by atoms with E-state index in [4.69, 9.17) is 0 Å². The van der Waals surface area contributed by atoms with Gasteiger partial charge in [0.05, 0.1) is 6.04 Å². The van der Waals surface area contributed by atoms with Crippen molar-refractivity contribution in [1.82, 2.24) is 20.4 Å². The van der Waals surface area contributed by atoms with Crippen molar-refractivity contribution in [3.05, 3.63) is 0 Å². The molecule has 0 radical (unpaired) electrons. The number of urea groups is 1. The van der Waals surface area contributed by atoms with Gasteiger partial charge in [-0.25, -0.2) is 4.79 Å². The number of piperazine rings is 1. The van der Waals surface area contributed by atoms with Crippen molar-refractivity contribution >= 4 is 17.8 Å². The van der Waals surface area contributed by atoms with Crippen LogP contribution in [0.2, 0.25) is 0 Å². The van der Waals surface area contributed by atoms with Crippen LogP contribution in [0.15, 0.2) is 0 Å². The Kier molecular flexibility index (Phi) is 7.02. The van der Waals surface area contributed by atoms with Crippen LogP contribution in [0.5, 0.6) is 0 Å². The first-order chi connectivity index (χ1) is 11.5. The minimum absolute atomic E-state index is 0.240. The predicted octanol–water partition coefficient (Wildman–Crippen LogP) is 0.945. The Bertz CT molecular complexity index is 455. The van der Waals surface area contributed by atoms with E-state index in [0.29, 0.717) is 32.6 Å². The lowest BCUT2D eigenvalue weighted by Crippen LogP contribution is -2.56. The van der Waals surface area contributed by atoms with Gasteiger partial charge in [-0.05, 0) is 19.3 Å². The minimum Gasteiger partial charge on any atom is -0.341 e. The summed E-state index contributed by atoms with van der Waals surface area (Å²) in [5, 5.41) is 4.67. The van der Waals surface area contributed by atoms with Gasteiger partial charge >= 0.3 is 6.03 Å². The molecule has 1 aliphatic carbocycles. The molecule has 1 aliphatic heterocycles. The maximum atomic E-state index is 12.3. The lowest BCUT2D eigenvalue weighted by Gasteiger charge is -2.37. The highest BCUT2D eigenvalue weighted by Crippen LogP contribution is 2.28. The van der Waals surface area contributed by atoms with Gasteiger partial charge in [0.15, 0.2) is 0 Å². The average Bonchev–Trinajstić information content (AvgIpc) is 3.12. The molecule has 4 amide bonds. The second kappa shape index (κ2) is 9.01. The summed E-state index contributed by atoms with van der Waals surface area (Å²) in [7, 11) is 1.48. The van der Waals surface area contributed by atoms with E-state index in [-0.39, 0.29) is 17.9 Å². The smallest absolute Gasteiger partial charge is 0.321 e. The number of hydrogen-bond donors (Lipinski definition) is 2. The van der Waals surface area contributed by atoms with Gasteiger partial charge in [-0.1, -0.05) is 25.7 Å². The molecule has 0 aromatic carbocycles. The quantitative estimate of drug-likeness (QED) is 0.782. The number of carbonyl (C=O) groups is 3. The number of amides is 4. The Balaban J connectivity index is 1.70. The summed E-state index contributed by atoms with van der Waals surface area (Å²) in [5.41, 5.74) is 0. The maximum absolute atomic E-state index is 12.3. The van der Waals surface area contributed by atoms with Crippen LogP contribution in [0.4, 0.5) is 4.79 Å². The van der Waals surface area contributed by atoms with Gasteiger partial charge < -0.3 is 10.2 Å². The van der Waals surface area contributed by atoms with Crippen molar-refractivity contribution in [3.63, 3.8) is 0 Å². The first-order valence-electron chi connectivity index (χ1n) is 9.05. The molecule has 1 saturated heterocycles. The Hall–Kier alpha value is -1.63. The van der Waals surface area contributed by atoms with Crippen molar-refractivity contribution < 1.29 is 14.4 Å². The highest BCUT2D eigenvalue weighted by molar-refractivity contribution is 5.96. The third-order valence-corrected chi connectivity index (χ3v) is 5.30. The molecule has 24 heavy (non-hydrogen) atoms. The fourth-order valence-corrected chi connectivity index (χ4v) is 3.59. The van der Waals surface area contributed by atoms with E-state index in [1.165, 1.54) is 32.7 Å². The molecule has 2 aliphatic rings. The molecule has 0 bridgehead atoms. The van der Waals surface area contributed by atoms with Crippen LogP contribution in [-0.2, 0) is 9.59 Å². The normalized spacial score (nSPS) is 20.7. The molecule has 1 unspecified atom stereocenters. The molecule has 1 saturated carbocycles. The lowest BCUT2D eigenvalue weighted by molar-refractivity contribution is -0.134. The molecule has 1 atom stereocenters. The minimum atomic E-state index is -0.493. The monoisotopic (exact) mass is 338 g/mol. The molecule has 0 aromatic heterocycles. The van der Waals surface area contributed by atoms with Crippen LogP contribution < -0.4 is 10.6 Å². The second-order valence-corrected chi connectivity index (χ2v) is 6.85. The SMILES string of the molecule is CNC(=O)NC(=O)C(C)N1CCN(C(=O)CCC2CCCC2)CC1. The summed E-state index contributed by atoms with van der Waals surface area (Å²) in [4.78, 5) is 39.4. The first kappa shape index (κ1) is 18.7. The molecule has 0 spiro atoms. The third-order valence-electron chi connectivity index (χ3n) is 5.30. The zero-order valence-electron chi connectivity index (χ0n) is 14.8. The molecule has 2 rings (SSSR count). The summed E-state index contributed by atoms with van der Waals surface area (Å²) in [6, 6.07) is -0.870. The van der Waals surface area contributed by atoms with Crippen LogP contribution in [-0.4, -0.2) is 66.9 Å². The van der Waals surface area contributed by atoms with E-state index < -0.39 is 6.03 Å². The number of rotatable bonds is 5. The molecule has 7 heteroatoms. The summed E-state index contributed by atoms with van der Waals surface area (Å²) in [5.74, 6) is 0.669. The predicted molar refractivity (Wildman–Crippen MR) is 91.4 cm³/mol. The number of nitrogens with one attached hydrogen (secondary N) is 2. The zero-order chi connectivity index (χ0) is 17.5. The van der Waals surface area contributed by atoms with Gasteiger partial charge in [-0.3, -0.25) is 19.8 Å². The Labute approximate surface area is 144 Å². The van der Waals surface area contributed by atoms with Crippen molar-refractivity contribution in [2.24, 2.45) is 5.92 Å². The Morgan fingerprint density at radius 3 is 2.29 bits per heavy atom. The van der Waals surface area contributed by atoms with Crippen molar-refractivity contribution in [2.45, 2.75) is 51.5 Å². The lowest BCUT2D eigenvalue weighted by atomic mass is 10.0. The van der Waals surface area contributed by atoms with Crippen LogP contribution >= 0.6 is 0 Å². The highest BCUT2D eigenvalue weighted by atomic mass is 16.2. The zero-order valence-corrected chi connectivity index (χ0v) is 14.8. The van der Waals surface area contributed by atoms with E-state index in [1.54, 1.807) is 6.92 Å². The van der Waals surface area contributed by atoms with Crippen molar-refractivity contribution in [1.29, 1.82) is 0 Å². The van der Waals surface area contributed by atoms with Crippen molar-refractivity contribution in [2.75, 3.05) is 33.2 Å². The Morgan fingerprint density at radius 2 is 1.71 bits per heavy atom. The van der Waals surface area contributed by atoms with Crippen LogP contribution in [0.25, 0.3) is 0 Å². The van der Waals surface area contributed by atoms with E-state index >= 15 is 0 Å².